The molecule has 0 saturated carbocycles. The van der Waals surface area contributed by atoms with Gasteiger partial charge >= 0.3 is 0 Å². The van der Waals surface area contributed by atoms with Gasteiger partial charge in [-0.05, 0) is 19.3 Å². The molecule has 1 atom stereocenters. The first-order chi connectivity index (χ1) is 11.3. The molecule has 146 valence electrons. The van der Waals surface area contributed by atoms with Crippen molar-refractivity contribution in [3.8, 4) is 0 Å². The van der Waals surface area contributed by atoms with Crippen molar-refractivity contribution in [1.29, 1.82) is 0 Å². The van der Waals surface area contributed by atoms with Crippen LogP contribution in [0.4, 0.5) is 0 Å². The van der Waals surface area contributed by atoms with Crippen LogP contribution in [0, 0.1) is 5.41 Å². The molecular weight excluding hydrogens is 344 g/mol. The van der Waals surface area contributed by atoms with Crippen LogP contribution >= 0.6 is 12.4 Å². The molecule has 0 bridgehead atoms. The van der Waals surface area contributed by atoms with Gasteiger partial charge in [0, 0.05) is 50.5 Å². The lowest BCUT2D eigenvalue weighted by molar-refractivity contribution is -0.135. The van der Waals surface area contributed by atoms with Crippen LogP contribution in [0.1, 0.15) is 52.9 Å². The van der Waals surface area contributed by atoms with Gasteiger partial charge in [0.15, 0.2) is 0 Å². The number of rotatable bonds is 7. The van der Waals surface area contributed by atoms with Crippen LogP contribution in [-0.4, -0.2) is 54.8 Å². The Hall–Kier alpha value is -1.34. The normalized spacial score (nSPS) is 17.4. The van der Waals surface area contributed by atoms with Gasteiger partial charge in [-0.2, -0.15) is 0 Å². The van der Waals surface area contributed by atoms with Crippen LogP contribution in [0.15, 0.2) is 0 Å². The van der Waals surface area contributed by atoms with Crippen molar-refractivity contribution in [1.82, 2.24) is 15.5 Å². The fraction of sp³-hybridized carbons (Fsp3) is 0.824. The van der Waals surface area contributed by atoms with Crippen molar-refractivity contribution in [2.45, 2.75) is 58.9 Å². The molecule has 8 heteroatoms. The molecule has 1 fully saturated rings. The van der Waals surface area contributed by atoms with E-state index < -0.39 is 5.41 Å². The van der Waals surface area contributed by atoms with Crippen LogP contribution in [0.25, 0.3) is 0 Å². The molecule has 7 nitrogen and oxygen atoms in total. The highest BCUT2D eigenvalue weighted by atomic mass is 35.5. The first-order valence-electron chi connectivity index (χ1n) is 8.80. The maximum atomic E-state index is 12.5. The fourth-order valence-electron chi connectivity index (χ4n) is 2.68. The predicted octanol–water partition coefficient (Wildman–Crippen LogP) is 0.807. The Kier molecular flexibility index (Phi) is 10.7. The van der Waals surface area contributed by atoms with Crippen molar-refractivity contribution in [3.05, 3.63) is 0 Å². The maximum Gasteiger partial charge on any atom is 0.225 e. The zero-order chi connectivity index (χ0) is 18.2. The van der Waals surface area contributed by atoms with Crippen LogP contribution < -0.4 is 16.4 Å². The number of nitrogens with zero attached hydrogens (tertiary/aromatic N) is 1. The van der Waals surface area contributed by atoms with E-state index >= 15 is 0 Å². The molecule has 0 radical (unpaired) electrons. The first-order valence-corrected chi connectivity index (χ1v) is 8.80. The minimum atomic E-state index is -0.454. The van der Waals surface area contributed by atoms with Gasteiger partial charge < -0.3 is 21.3 Å². The topological polar surface area (TPSA) is 105 Å². The number of carbonyl (C=O) groups excluding carboxylic acids is 3. The predicted molar refractivity (Wildman–Crippen MR) is 100 cm³/mol. The van der Waals surface area contributed by atoms with E-state index in [-0.39, 0.29) is 42.6 Å². The number of nitrogens with two attached hydrogens (primary N) is 1. The first kappa shape index (κ1) is 23.7. The van der Waals surface area contributed by atoms with E-state index in [1.54, 1.807) is 0 Å². The Morgan fingerprint density at radius 3 is 2.40 bits per heavy atom. The van der Waals surface area contributed by atoms with Crippen LogP contribution in [0.3, 0.4) is 0 Å². The molecule has 0 aliphatic carbocycles. The SMILES string of the molecule is CC(C)(C)C(=O)NCCC(=O)N1CCCCC1CNC(=O)CCN.Cl. The summed E-state index contributed by atoms with van der Waals surface area (Å²) in [4.78, 5) is 37.7. The summed E-state index contributed by atoms with van der Waals surface area (Å²) in [5.41, 5.74) is 4.91. The summed E-state index contributed by atoms with van der Waals surface area (Å²) in [6.07, 6.45) is 3.52. The molecule has 1 aliphatic rings. The van der Waals surface area contributed by atoms with Crippen molar-refractivity contribution in [2.75, 3.05) is 26.2 Å². The average Bonchev–Trinajstić information content (AvgIpc) is 2.52. The third-order valence-electron chi connectivity index (χ3n) is 4.16. The van der Waals surface area contributed by atoms with Crippen molar-refractivity contribution < 1.29 is 14.4 Å². The van der Waals surface area contributed by atoms with E-state index in [1.807, 2.05) is 25.7 Å². The molecule has 25 heavy (non-hydrogen) atoms. The van der Waals surface area contributed by atoms with Crippen LogP contribution in [0.5, 0.6) is 0 Å². The number of likely N-dealkylation sites (tertiary alicyclic amines) is 1. The summed E-state index contributed by atoms with van der Waals surface area (Å²) >= 11 is 0. The highest BCUT2D eigenvalue weighted by Crippen LogP contribution is 2.17. The lowest BCUT2D eigenvalue weighted by Crippen LogP contribution is -2.50. The fourth-order valence-corrected chi connectivity index (χ4v) is 2.68. The van der Waals surface area contributed by atoms with Crippen LogP contribution in [0.2, 0.25) is 0 Å². The molecule has 1 rings (SSSR count). The number of carbonyl (C=O) groups is 3. The number of halogens is 1. The number of hydrogen-bond acceptors (Lipinski definition) is 4. The Labute approximate surface area is 156 Å². The van der Waals surface area contributed by atoms with Gasteiger partial charge in [-0.3, -0.25) is 14.4 Å². The Balaban J connectivity index is 0.00000576. The Bertz CT molecular complexity index is 452. The molecule has 1 unspecified atom stereocenters. The zero-order valence-corrected chi connectivity index (χ0v) is 16.4. The lowest BCUT2D eigenvalue weighted by Gasteiger charge is -2.36. The second-order valence-electron chi connectivity index (χ2n) is 7.34. The van der Waals surface area contributed by atoms with Crippen molar-refractivity contribution in [3.63, 3.8) is 0 Å². The average molecular weight is 377 g/mol. The van der Waals surface area contributed by atoms with Crippen molar-refractivity contribution in [2.24, 2.45) is 11.1 Å². The van der Waals surface area contributed by atoms with E-state index in [0.717, 1.165) is 19.3 Å². The van der Waals surface area contributed by atoms with Crippen molar-refractivity contribution >= 4 is 30.1 Å². The quantitative estimate of drug-likeness (QED) is 0.611. The zero-order valence-electron chi connectivity index (χ0n) is 15.6. The van der Waals surface area contributed by atoms with Gasteiger partial charge in [-0.1, -0.05) is 20.8 Å². The molecule has 1 aliphatic heterocycles. The Morgan fingerprint density at radius 1 is 1.12 bits per heavy atom. The summed E-state index contributed by atoms with van der Waals surface area (Å²) < 4.78 is 0. The van der Waals surface area contributed by atoms with E-state index in [0.29, 0.717) is 32.6 Å². The second kappa shape index (κ2) is 11.3. The van der Waals surface area contributed by atoms with E-state index in [2.05, 4.69) is 10.6 Å². The molecule has 3 amide bonds. The minimum Gasteiger partial charge on any atom is -0.355 e. The summed E-state index contributed by atoms with van der Waals surface area (Å²) in [5, 5.41) is 5.65. The molecule has 0 aromatic carbocycles. The van der Waals surface area contributed by atoms with Gasteiger partial charge in [0.2, 0.25) is 17.7 Å². The van der Waals surface area contributed by atoms with Gasteiger partial charge in [0.05, 0.1) is 0 Å². The molecule has 0 spiro atoms. The molecule has 1 heterocycles. The third-order valence-corrected chi connectivity index (χ3v) is 4.16. The van der Waals surface area contributed by atoms with Gasteiger partial charge in [-0.25, -0.2) is 0 Å². The number of nitrogens with one attached hydrogen (secondary N) is 2. The lowest BCUT2D eigenvalue weighted by atomic mass is 9.96. The smallest absolute Gasteiger partial charge is 0.225 e. The third kappa shape index (κ3) is 8.54. The summed E-state index contributed by atoms with van der Waals surface area (Å²) in [5.74, 6) is -0.102. The summed E-state index contributed by atoms with van der Waals surface area (Å²) in [6.45, 7) is 7.38. The number of amides is 3. The number of piperidine rings is 1. The van der Waals surface area contributed by atoms with Gasteiger partial charge in [0.25, 0.3) is 0 Å². The largest absolute Gasteiger partial charge is 0.355 e. The molecular formula is C17H33ClN4O3. The molecule has 0 aromatic heterocycles. The summed E-state index contributed by atoms with van der Waals surface area (Å²) in [6, 6.07) is 0.0336. The van der Waals surface area contributed by atoms with Crippen LogP contribution in [-0.2, 0) is 14.4 Å². The Morgan fingerprint density at radius 2 is 1.80 bits per heavy atom. The molecule has 1 saturated heterocycles. The van der Waals surface area contributed by atoms with E-state index in [9.17, 15) is 14.4 Å². The highest BCUT2D eigenvalue weighted by molar-refractivity contribution is 5.85. The monoisotopic (exact) mass is 376 g/mol. The second-order valence-corrected chi connectivity index (χ2v) is 7.34. The standard InChI is InChI=1S/C17H32N4O3.ClH/c1-17(2,3)16(24)19-10-8-15(23)21-11-5-4-6-13(21)12-20-14(22)7-9-18;/h13H,4-12,18H2,1-3H3,(H,19,24)(H,20,22);1H. The molecule has 0 aromatic rings. The van der Waals surface area contributed by atoms with E-state index in [4.69, 9.17) is 5.73 Å². The highest BCUT2D eigenvalue weighted by Gasteiger charge is 2.27. The number of hydrogen-bond donors (Lipinski definition) is 3. The van der Waals surface area contributed by atoms with Gasteiger partial charge in [-0.15, -0.1) is 12.4 Å². The minimum absolute atomic E-state index is 0. The van der Waals surface area contributed by atoms with E-state index in [1.165, 1.54) is 0 Å². The maximum absolute atomic E-state index is 12.5. The molecule has 4 N–H and O–H groups in total. The van der Waals surface area contributed by atoms with Gasteiger partial charge in [0.1, 0.15) is 0 Å². The summed E-state index contributed by atoms with van der Waals surface area (Å²) in [7, 11) is 0.